The average Bonchev–Trinajstić information content (AvgIpc) is 3.09. The van der Waals surface area contributed by atoms with E-state index >= 15 is 0 Å². The molecule has 3 heterocycles. The standard InChI is InChI=1S/C22H25Cl2N5O2S/c1-14-18-20(32-19(14)22(31)26(2)3)25-13-29(21(18)30)9-6-27-4-7-28(8-5-27)17-11-15(23)10-16(24)12-17/h10-13H,4-9H2,1-3H3. The van der Waals surface area contributed by atoms with E-state index in [-0.39, 0.29) is 11.5 Å². The van der Waals surface area contributed by atoms with Gasteiger partial charge >= 0.3 is 0 Å². The lowest BCUT2D eigenvalue weighted by atomic mass is 10.2. The first-order valence-corrected chi connectivity index (χ1v) is 12.0. The van der Waals surface area contributed by atoms with Crippen molar-refractivity contribution in [3.63, 3.8) is 0 Å². The van der Waals surface area contributed by atoms with Gasteiger partial charge in [-0.05, 0) is 30.7 Å². The smallest absolute Gasteiger partial charge is 0.263 e. The summed E-state index contributed by atoms with van der Waals surface area (Å²) in [4.78, 5) is 37.3. The summed E-state index contributed by atoms with van der Waals surface area (Å²) < 4.78 is 1.65. The Morgan fingerprint density at radius 2 is 1.75 bits per heavy atom. The van der Waals surface area contributed by atoms with E-state index in [0.29, 0.717) is 37.2 Å². The number of hydrogen-bond acceptors (Lipinski definition) is 6. The molecule has 1 aromatic carbocycles. The monoisotopic (exact) mass is 493 g/mol. The van der Waals surface area contributed by atoms with Crippen LogP contribution in [0, 0.1) is 6.92 Å². The Hall–Kier alpha value is -2.13. The summed E-state index contributed by atoms with van der Waals surface area (Å²) >= 11 is 13.6. The van der Waals surface area contributed by atoms with Crippen LogP contribution in [-0.2, 0) is 6.54 Å². The number of fused-ring (bicyclic) bond motifs is 1. The van der Waals surface area contributed by atoms with E-state index in [9.17, 15) is 9.59 Å². The fraction of sp³-hybridized carbons (Fsp3) is 0.409. The van der Waals surface area contributed by atoms with Crippen molar-refractivity contribution in [3.05, 3.63) is 55.4 Å². The van der Waals surface area contributed by atoms with Gasteiger partial charge in [-0.25, -0.2) is 4.98 Å². The van der Waals surface area contributed by atoms with Crippen LogP contribution < -0.4 is 10.5 Å². The molecule has 1 saturated heterocycles. The first kappa shape index (κ1) is 23.0. The molecule has 1 aliphatic heterocycles. The highest BCUT2D eigenvalue weighted by molar-refractivity contribution is 7.20. The number of piperazine rings is 1. The molecule has 1 aliphatic rings. The minimum atomic E-state index is -0.102. The quantitative estimate of drug-likeness (QED) is 0.543. The van der Waals surface area contributed by atoms with Gasteiger partial charge in [-0.2, -0.15) is 0 Å². The topological polar surface area (TPSA) is 61.7 Å². The number of anilines is 1. The predicted molar refractivity (Wildman–Crippen MR) is 132 cm³/mol. The van der Waals surface area contributed by atoms with Crippen LogP contribution in [0.2, 0.25) is 10.0 Å². The van der Waals surface area contributed by atoms with E-state index in [1.54, 1.807) is 31.1 Å². The Morgan fingerprint density at radius 3 is 2.38 bits per heavy atom. The molecule has 170 valence electrons. The summed E-state index contributed by atoms with van der Waals surface area (Å²) in [7, 11) is 3.41. The van der Waals surface area contributed by atoms with E-state index in [4.69, 9.17) is 23.2 Å². The minimum Gasteiger partial charge on any atom is -0.369 e. The van der Waals surface area contributed by atoms with E-state index < -0.39 is 0 Å². The number of hydrogen-bond donors (Lipinski definition) is 0. The van der Waals surface area contributed by atoms with Crippen LogP contribution in [0.25, 0.3) is 10.2 Å². The minimum absolute atomic E-state index is 0.0891. The van der Waals surface area contributed by atoms with E-state index in [1.807, 2.05) is 19.1 Å². The molecule has 1 amide bonds. The molecule has 32 heavy (non-hydrogen) atoms. The molecule has 0 N–H and O–H groups in total. The lowest BCUT2D eigenvalue weighted by Crippen LogP contribution is -2.47. The maximum Gasteiger partial charge on any atom is 0.263 e. The third kappa shape index (κ3) is 4.64. The molecule has 0 aliphatic carbocycles. The number of carbonyl (C=O) groups is 1. The van der Waals surface area contributed by atoms with Crippen molar-refractivity contribution in [2.75, 3.05) is 51.7 Å². The van der Waals surface area contributed by atoms with Crippen LogP contribution in [0.5, 0.6) is 0 Å². The number of aromatic nitrogens is 2. The molecular weight excluding hydrogens is 469 g/mol. The molecule has 2 aromatic heterocycles. The third-order valence-electron chi connectivity index (χ3n) is 5.76. The maximum absolute atomic E-state index is 13.1. The van der Waals surface area contributed by atoms with Crippen molar-refractivity contribution < 1.29 is 4.79 Å². The molecule has 1 fully saturated rings. The van der Waals surface area contributed by atoms with Gasteiger partial charge in [0.05, 0.1) is 16.6 Å². The summed E-state index contributed by atoms with van der Waals surface area (Å²) in [6, 6.07) is 5.60. The zero-order chi connectivity index (χ0) is 23.0. The van der Waals surface area contributed by atoms with Crippen LogP contribution in [0.1, 0.15) is 15.2 Å². The van der Waals surface area contributed by atoms with Crippen molar-refractivity contribution in [3.8, 4) is 0 Å². The van der Waals surface area contributed by atoms with Gasteiger partial charge in [0, 0.05) is 69.1 Å². The first-order valence-electron chi connectivity index (χ1n) is 10.4. The highest BCUT2D eigenvalue weighted by Gasteiger charge is 2.21. The molecule has 0 bridgehead atoms. The fourth-order valence-electron chi connectivity index (χ4n) is 3.93. The van der Waals surface area contributed by atoms with E-state index in [2.05, 4.69) is 14.8 Å². The molecule has 0 spiro atoms. The van der Waals surface area contributed by atoms with Gasteiger partial charge in [-0.1, -0.05) is 23.2 Å². The number of amides is 1. The van der Waals surface area contributed by atoms with Crippen molar-refractivity contribution >= 4 is 56.3 Å². The number of rotatable bonds is 5. The summed E-state index contributed by atoms with van der Waals surface area (Å²) in [5.41, 5.74) is 1.65. The lowest BCUT2D eigenvalue weighted by molar-refractivity contribution is 0.0831. The van der Waals surface area contributed by atoms with Crippen molar-refractivity contribution in [2.45, 2.75) is 13.5 Å². The SMILES string of the molecule is Cc1c(C(=O)N(C)C)sc2ncn(CCN3CCN(c4cc(Cl)cc(Cl)c4)CC3)c(=O)c12. The number of carbonyl (C=O) groups excluding carboxylic acids is 1. The van der Waals surface area contributed by atoms with E-state index in [0.717, 1.165) is 38.4 Å². The lowest BCUT2D eigenvalue weighted by Gasteiger charge is -2.36. The Labute approximate surface area is 200 Å². The zero-order valence-electron chi connectivity index (χ0n) is 18.3. The predicted octanol–water partition coefficient (Wildman–Crippen LogP) is 3.60. The summed E-state index contributed by atoms with van der Waals surface area (Å²) in [5.74, 6) is -0.102. The summed E-state index contributed by atoms with van der Waals surface area (Å²) in [5, 5.41) is 1.82. The summed E-state index contributed by atoms with van der Waals surface area (Å²) in [6.07, 6.45) is 1.59. The van der Waals surface area contributed by atoms with Crippen molar-refractivity contribution in [1.82, 2.24) is 19.4 Å². The largest absolute Gasteiger partial charge is 0.369 e. The second-order valence-electron chi connectivity index (χ2n) is 8.14. The van der Waals surface area contributed by atoms with Crippen LogP contribution in [0.4, 0.5) is 5.69 Å². The number of benzene rings is 1. The second-order valence-corrected chi connectivity index (χ2v) is 10.0. The zero-order valence-corrected chi connectivity index (χ0v) is 20.6. The number of aryl methyl sites for hydroxylation is 1. The molecule has 0 radical (unpaired) electrons. The normalized spacial score (nSPS) is 14.8. The van der Waals surface area contributed by atoms with Gasteiger partial charge in [-0.15, -0.1) is 11.3 Å². The Morgan fingerprint density at radius 1 is 1.09 bits per heavy atom. The highest BCUT2D eigenvalue weighted by atomic mass is 35.5. The van der Waals surface area contributed by atoms with Gasteiger partial charge in [0.1, 0.15) is 4.83 Å². The van der Waals surface area contributed by atoms with Gasteiger partial charge in [-0.3, -0.25) is 19.1 Å². The van der Waals surface area contributed by atoms with Crippen molar-refractivity contribution in [2.24, 2.45) is 0 Å². The number of thiophene rings is 1. The van der Waals surface area contributed by atoms with Gasteiger partial charge < -0.3 is 9.80 Å². The molecule has 3 aromatic rings. The Balaban J connectivity index is 1.43. The Bertz CT molecular complexity index is 1190. The molecule has 0 atom stereocenters. The Kier molecular flexibility index (Phi) is 6.76. The number of halogens is 2. The number of nitrogens with zero attached hydrogens (tertiary/aromatic N) is 5. The second kappa shape index (κ2) is 9.39. The van der Waals surface area contributed by atoms with Crippen LogP contribution in [-0.4, -0.2) is 72.1 Å². The van der Waals surface area contributed by atoms with Gasteiger partial charge in [0.25, 0.3) is 11.5 Å². The van der Waals surface area contributed by atoms with Gasteiger partial charge in [0.2, 0.25) is 0 Å². The van der Waals surface area contributed by atoms with Crippen LogP contribution in [0.3, 0.4) is 0 Å². The molecule has 10 heteroatoms. The third-order valence-corrected chi connectivity index (χ3v) is 7.38. The van der Waals surface area contributed by atoms with Gasteiger partial charge in [0.15, 0.2) is 0 Å². The van der Waals surface area contributed by atoms with Crippen molar-refractivity contribution in [1.29, 1.82) is 0 Å². The average molecular weight is 494 g/mol. The maximum atomic E-state index is 13.1. The van der Waals surface area contributed by atoms with Crippen LogP contribution >= 0.6 is 34.5 Å². The van der Waals surface area contributed by atoms with E-state index in [1.165, 1.54) is 16.2 Å². The molecular formula is C22H25Cl2N5O2S. The van der Waals surface area contributed by atoms with Crippen LogP contribution in [0.15, 0.2) is 29.3 Å². The first-order chi connectivity index (χ1) is 15.2. The molecule has 0 saturated carbocycles. The highest BCUT2D eigenvalue weighted by Crippen LogP contribution is 2.28. The molecule has 4 rings (SSSR count). The summed E-state index contributed by atoms with van der Waals surface area (Å²) in [6.45, 7) is 6.62. The molecule has 7 nitrogen and oxygen atoms in total. The fourth-order valence-corrected chi connectivity index (χ4v) is 5.60. The molecule has 0 unspecified atom stereocenters.